The van der Waals surface area contributed by atoms with E-state index in [0.717, 1.165) is 11.6 Å². The summed E-state index contributed by atoms with van der Waals surface area (Å²) in [7, 11) is 1.30. The Morgan fingerprint density at radius 2 is 1.79 bits per heavy atom. The lowest BCUT2D eigenvalue weighted by Crippen LogP contribution is -2.42. The zero-order chi connectivity index (χ0) is 23.6. The second-order valence-electron chi connectivity index (χ2n) is 7.81. The van der Waals surface area contributed by atoms with Gasteiger partial charge < -0.3 is 14.7 Å². The van der Waals surface area contributed by atoms with Gasteiger partial charge in [0.05, 0.1) is 24.1 Å². The molecular weight excluding hydrogens is 424 g/mol. The molecule has 0 saturated heterocycles. The van der Waals surface area contributed by atoms with Crippen molar-refractivity contribution < 1.29 is 24.4 Å². The summed E-state index contributed by atoms with van der Waals surface area (Å²) in [4.78, 5) is 38.5. The summed E-state index contributed by atoms with van der Waals surface area (Å²) in [6.07, 6.45) is 0.0454. The Morgan fingerprint density at radius 1 is 1.09 bits per heavy atom. The zero-order valence-corrected chi connectivity index (χ0v) is 17.9. The summed E-state index contributed by atoms with van der Waals surface area (Å²) in [5.74, 6) is -1.16. The van der Waals surface area contributed by atoms with Gasteiger partial charge in [-0.05, 0) is 30.2 Å². The molecule has 168 valence electrons. The van der Waals surface area contributed by atoms with Crippen LogP contribution in [-0.2, 0) is 16.8 Å². The van der Waals surface area contributed by atoms with E-state index < -0.39 is 28.6 Å². The lowest BCUT2D eigenvalue weighted by atomic mass is 9.88. The zero-order valence-electron chi connectivity index (χ0n) is 17.9. The highest BCUT2D eigenvalue weighted by Crippen LogP contribution is 2.43. The number of carbonyl (C=O) groups excluding carboxylic acids is 2. The second-order valence-corrected chi connectivity index (χ2v) is 7.81. The molecule has 8 nitrogen and oxygen atoms in total. The summed E-state index contributed by atoms with van der Waals surface area (Å²) in [5.41, 5.74) is -0.463. The Labute approximate surface area is 190 Å². The Hall–Kier alpha value is -4.04. The highest BCUT2D eigenvalue weighted by atomic mass is 16.6. The van der Waals surface area contributed by atoms with Gasteiger partial charge in [-0.1, -0.05) is 48.5 Å². The number of aliphatic hydroxyl groups is 1. The molecule has 1 atom stereocenters. The Kier molecular flexibility index (Phi) is 5.93. The van der Waals surface area contributed by atoms with Gasteiger partial charge in [0.25, 0.3) is 5.91 Å². The number of carbonyl (C=O) groups is 2. The normalized spacial score (nSPS) is 17.0. The first-order valence-electron chi connectivity index (χ1n) is 10.4. The molecule has 0 aromatic heterocycles. The quantitative estimate of drug-likeness (QED) is 0.321. The smallest absolute Gasteiger partial charge is 0.311 e. The molecular formula is C25H22N2O6. The van der Waals surface area contributed by atoms with Gasteiger partial charge in [-0.3, -0.25) is 19.7 Å². The third kappa shape index (κ3) is 4.08. The van der Waals surface area contributed by atoms with E-state index in [1.54, 1.807) is 24.3 Å². The number of hydrogen-bond donors (Lipinski definition) is 1. The number of amides is 1. The number of methoxy groups -OCH3 is 1. The predicted octanol–water partition coefficient (Wildman–Crippen LogP) is 3.65. The van der Waals surface area contributed by atoms with E-state index in [1.807, 2.05) is 30.3 Å². The number of fused-ring (bicyclic) bond motifs is 1. The lowest BCUT2D eigenvalue weighted by molar-refractivity contribution is -0.385. The minimum atomic E-state index is -2.06. The molecule has 1 amide bonds. The largest absolute Gasteiger partial charge is 0.490 e. The molecule has 0 unspecified atom stereocenters. The van der Waals surface area contributed by atoms with Gasteiger partial charge in [0, 0.05) is 23.7 Å². The summed E-state index contributed by atoms with van der Waals surface area (Å²) in [6.45, 7) is 0.338. The monoisotopic (exact) mass is 446 g/mol. The topological polar surface area (TPSA) is 110 Å². The number of para-hydroxylation sites is 1. The van der Waals surface area contributed by atoms with Gasteiger partial charge in [-0.2, -0.15) is 0 Å². The van der Waals surface area contributed by atoms with Gasteiger partial charge in [-0.25, -0.2) is 0 Å². The molecule has 1 heterocycles. The van der Waals surface area contributed by atoms with Crippen LogP contribution in [0.1, 0.15) is 27.9 Å². The third-order valence-corrected chi connectivity index (χ3v) is 5.82. The van der Waals surface area contributed by atoms with E-state index in [4.69, 9.17) is 4.74 Å². The first-order chi connectivity index (χ1) is 15.8. The van der Waals surface area contributed by atoms with Crippen LogP contribution in [0.25, 0.3) is 0 Å². The summed E-state index contributed by atoms with van der Waals surface area (Å²) >= 11 is 0. The van der Waals surface area contributed by atoms with Gasteiger partial charge in [0.15, 0.2) is 17.1 Å². The molecule has 1 N–H and O–H groups in total. The van der Waals surface area contributed by atoms with Crippen molar-refractivity contribution in [2.45, 2.75) is 18.4 Å². The molecule has 0 radical (unpaired) electrons. The van der Waals surface area contributed by atoms with Gasteiger partial charge in [0.1, 0.15) is 0 Å². The Morgan fingerprint density at radius 3 is 2.48 bits per heavy atom. The van der Waals surface area contributed by atoms with Crippen LogP contribution >= 0.6 is 0 Å². The molecule has 0 aliphatic carbocycles. The first kappa shape index (κ1) is 22.2. The Balaban J connectivity index is 1.62. The molecule has 0 spiro atoms. The van der Waals surface area contributed by atoms with Crippen LogP contribution in [0.4, 0.5) is 11.4 Å². The molecule has 8 heteroatoms. The van der Waals surface area contributed by atoms with Crippen LogP contribution in [0.2, 0.25) is 0 Å². The van der Waals surface area contributed by atoms with E-state index in [0.29, 0.717) is 24.2 Å². The highest BCUT2D eigenvalue weighted by molar-refractivity contribution is 6.10. The predicted molar refractivity (Wildman–Crippen MR) is 121 cm³/mol. The molecule has 1 aliphatic heterocycles. The van der Waals surface area contributed by atoms with Crippen molar-refractivity contribution in [1.82, 2.24) is 0 Å². The number of rotatable bonds is 8. The van der Waals surface area contributed by atoms with E-state index in [1.165, 1.54) is 24.1 Å². The maximum atomic E-state index is 13.3. The molecule has 0 saturated carbocycles. The number of benzene rings is 3. The number of hydrogen-bond acceptors (Lipinski definition) is 6. The fourth-order valence-electron chi connectivity index (χ4n) is 4.13. The first-order valence-corrected chi connectivity index (χ1v) is 10.4. The van der Waals surface area contributed by atoms with Crippen molar-refractivity contribution in [1.29, 1.82) is 0 Å². The lowest BCUT2D eigenvalue weighted by Gasteiger charge is -2.23. The van der Waals surface area contributed by atoms with Crippen molar-refractivity contribution in [3.8, 4) is 5.75 Å². The van der Waals surface area contributed by atoms with E-state index in [9.17, 15) is 24.8 Å². The molecule has 1 aliphatic rings. The highest BCUT2D eigenvalue weighted by Gasteiger charge is 2.50. The number of ketones is 1. The van der Waals surface area contributed by atoms with Crippen LogP contribution in [0.3, 0.4) is 0 Å². The van der Waals surface area contributed by atoms with Crippen LogP contribution in [0, 0.1) is 10.1 Å². The number of nitro groups is 1. The minimum Gasteiger partial charge on any atom is -0.490 e. The van der Waals surface area contributed by atoms with E-state index in [-0.39, 0.29) is 17.0 Å². The van der Waals surface area contributed by atoms with Crippen LogP contribution in [-0.4, -0.2) is 35.4 Å². The van der Waals surface area contributed by atoms with Gasteiger partial charge >= 0.3 is 5.69 Å². The maximum absolute atomic E-state index is 13.3. The fraction of sp³-hybridized carbons (Fsp3) is 0.200. The fourth-order valence-corrected chi connectivity index (χ4v) is 4.13. The number of nitro benzene ring substituents is 1. The number of Topliss-reactive ketones (excluding diaryl/α,β-unsaturated/α-hetero) is 1. The number of ether oxygens (including phenoxy) is 1. The average molecular weight is 446 g/mol. The van der Waals surface area contributed by atoms with Crippen molar-refractivity contribution in [3.05, 3.63) is 99.6 Å². The average Bonchev–Trinajstić information content (AvgIpc) is 3.04. The van der Waals surface area contributed by atoms with E-state index in [2.05, 4.69) is 0 Å². The third-order valence-electron chi connectivity index (χ3n) is 5.82. The SMILES string of the molecule is COc1ccc(C(=O)C[C@@]2(O)C(=O)N(CCc3ccccc3)c3ccccc32)cc1[N+](=O)[O-]. The van der Waals surface area contributed by atoms with Crippen LogP contribution in [0.5, 0.6) is 5.75 Å². The molecule has 3 aromatic rings. The molecule has 4 rings (SSSR count). The van der Waals surface area contributed by atoms with E-state index >= 15 is 0 Å². The molecule has 0 bridgehead atoms. The van der Waals surface area contributed by atoms with Crippen molar-refractivity contribution in [3.63, 3.8) is 0 Å². The summed E-state index contributed by atoms with van der Waals surface area (Å²) < 4.78 is 4.97. The van der Waals surface area contributed by atoms with Crippen molar-refractivity contribution in [2.75, 3.05) is 18.6 Å². The number of anilines is 1. The van der Waals surface area contributed by atoms with Gasteiger partial charge in [-0.15, -0.1) is 0 Å². The molecule has 0 fully saturated rings. The summed E-state index contributed by atoms with van der Waals surface area (Å²) in [6, 6.07) is 20.3. The molecule has 3 aromatic carbocycles. The van der Waals surface area contributed by atoms with Crippen LogP contribution < -0.4 is 9.64 Å². The van der Waals surface area contributed by atoms with Crippen molar-refractivity contribution >= 4 is 23.1 Å². The van der Waals surface area contributed by atoms with Crippen LogP contribution in [0.15, 0.2) is 72.8 Å². The minimum absolute atomic E-state index is 0.0175. The maximum Gasteiger partial charge on any atom is 0.311 e. The Bertz CT molecular complexity index is 1230. The van der Waals surface area contributed by atoms with Gasteiger partial charge in [0.2, 0.25) is 0 Å². The standard InChI is InChI=1S/C25H22N2O6/c1-33-23-12-11-18(15-21(23)27(31)32)22(28)16-25(30)19-9-5-6-10-20(19)26(24(25)29)14-13-17-7-3-2-4-8-17/h2-12,15,30H,13-14,16H2,1H3/t25-/m0/s1. The number of nitrogens with zero attached hydrogens (tertiary/aromatic N) is 2. The summed E-state index contributed by atoms with van der Waals surface area (Å²) in [5, 5.41) is 22.7. The second kappa shape index (κ2) is 8.84. The van der Waals surface area contributed by atoms with Crippen molar-refractivity contribution in [2.24, 2.45) is 0 Å². The molecule has 33 heavy (non-hydrogen) atoms.